The third-order valence-electron chi connectivity index (χ3n) is 5.72. The topological polar surface area (TPSA) is 96.3 Å². The summed E-state index contributed by atoms with van der Waals surface area (Å²) in [5.41, 5.74) is 0.315. The molecule has 8 nitrogen and oxygen atoms in total. The van der Waals surface area contributed by atoms with Crippen molar-refractivity contribution in [2.75, 3.05) is 6.54 Å². The van der Waals surface area contributed by atoms with E-state index in [1.54, 1.807) is 16.4 Å². The zero-order chi connectivity index (χ0) is 21.3. The monoisotopic (exact) mass is 409 g/mol. The lowest BCUT2D eigenvalue weighted by molar-refractivity contribution is -0.133. The van der Waals surface area contributed by atoms with E-state index in [1.165, 1.54) is 6.33 Å². The number of benzene rings is 1. The Labute approximate surface area is 175 Å². The van der Waals surface area contributed by atoms with Gasteiger partial charge in [-0.25, -0.2) is 4.98 Å². The quantitative estimate of drug-likeness (QED) is 0.728. The fraction of sp³-hybridized carbons (Fsp3) is 0.455. The molecule has 1 aliphatic heterocycles. The van der Waals surface area contributed by atoms with Crippen molar-refractivity contribution in [2.24, 2.45) is 0 Å². The molecular formula is C22H27N5O3. The molecule has 30 heavy (non-hydrogen) atoms. The molecule has 0 radical (unpaired) electrons. The maximum Gasteiger partial charge on any atom is 0.273 e. The number of rotatable bonds is 7. The molecule has 2 aliphatic rings. The number of carbonyl (C=O) groups is 3. The number of imidazole rings is 1. The smallest absolute Gasteiger partial charge is 0.273 e. The van der Waals surface area contributed by atoms with Gasteiger partial charge in [-0.15, -0.1) is 0 Å². The molecule has 8 heteroatoms. The minimum Gasteiger partial charge on any atom is -0.350 e. The van der Waals surface area contributed by atoms with Crippen molar-refractivity contribution < 1.29 is 14.4 Å². The summed E-state index contributed by atoms with van der Waals surface area (Å²) in [6.07, 6.45) is 4.10. The average Bonchev–Trinajstić information content (AvgIpc) is 3.45. The Morgan fingerprint density at radius 1 is 1.23 bits per heavy atom. The van der Waals surface area contributed by atoms with Crippen LogP contribution in [0.15, 0.2) is 36.7 Å². The zero-order valence-electron chi connectivity index (χ0n) is 17.4. The minimum absolute atomic E-state index is 0.139. The fourth-order valence-electron chi connectivity index (χ4n) is 3.88. The maximum atomic E-state index is 13.4. The molecule has 1 atom stereocenters. The summed E-state index contributed by atoms with van der Waals surface area (Å²) in [4.78, 5) is 45.0. The van der Waals surface area contributed by atoms with E-state index in [-0.39, 0.29) is 41.7 Å². The third kappa shape index (κ3) is 3.69. The number of fused-ring (bicyclic) bond motifs is 1. The molecule has 2 aromatic rings. The molecule has 2 heterocycles. The highest BCUT2D eigenvalue weighted by molar-refractivity contribution is 6.07. The van der Waals surface area contributed by atoms with Gasteiger partial charge in [-0.3, -0.25) is 14.4 Å². The van der Waals surface area contributed by atoms with Crippen LogP contribution in [0, 0.1) is 0 Å². The maximum absolute atomic E-state index is 13.4. The van der Waals surface area contributed by atoms with Crippen LogP contribution in [0.2, 0.25) is 0 Å². The Kier molecular flexibility index (Phi) is 5.32. The second-order valence-electron chi connectivity index (χ2n) is 8.22. The predicted octanol–water partition coefficient (Wildman–Crippen LogP) is 1.72. The van der Waals surface area contributed by atoms with Crippen molar-refractivity contribution in [2.45, 2.75) is 57.8 Å². The SMILES string of the molecule is CCCN1C(=O)c2c(C(=O)NC3CC3)ncn2CC1(C)C(=O)NCc1ccccc1. The number of aromatic nitrogens is 2. The molecule has 1 unspecified atom stereocenters. The second kappa shape index (κ2) is 7.93. The second-order valence-corrected chi connectivity index (χ2v) is 8.22. The van der Waals surface area contributed by atoms with Crippen LogP contribution in [0.25, 0.3) is 0 Å². The van der Waals surface area contributed by atoms with E-state index in [4.69, 9.17) is 0 Å². The van der Waals surface area contributed by atoms with E-state index in [0.717, 1.165) is 18.4 Å². The summed E-state index contributed by atoms with van der Waals surface area (Å²) < 4.78 is 1.64. The summed E-state index contributed by atoms with van der Waals surface area (Å²) in [7, 11) is 0. The number of amides is 3. The molecule has 0 spiro atoms. The Balaban J connectivity index is 1.59. The summed E-state index contributed by atoms with van der Waals surface area (Å²) >= 11 is 0. The van der Waals surface area contributed by atoms with Crippen molar-refractivity contribution in [1.29, 1.82) is 0 Å². The van der Waals surface area contributed by atoms with E-state index in [9.17, 15) is 14.4 Å². The standard InChI is InChI=1S/C22H27N5O3/c1-3-11-27-20(29)18-17(19(28)25-16-9-10-16)24-14-26(18)13-22(27,2)21(30)23-12-15-7-5-4-6-8-15/h4-8,14,16H,3,9-13H2,1-2H3,(H,23,30)(H,25,28). The Bertz CT molecular complexity index is 966. The molecule has 1 aromatic carbocycles. The Morgan fingerprint density at radius 3 is 2.63 bits per heavy atom. The van der Waals surface area contributed by atoms with Crippen LogP contribution in [0.3, 0.4) is 0 Å². The minimum atomic E-state index is -1.07. The number of nitrogens with one attached hydrogen (secondary N) is 2. The summed E-state index contributed by atoms with van der Waals surface area (Å²) in [5, 5.41) is 5.86. The zero-order valence-corrected chi connectivity index (χ0v) is 17.4. The van der Waals surface area contributed by atoms with Crippen LogP contribution in [-0.4, -0.2) is 50.3 Å². The number of hydrogen-bond acceptors (Lipinski definition) is 4. The van der Waals surface area contributed by atoms with Crippen LogP contribution in [0.4, 0.5) is 0 Å². The first-order chi connectivity index (χ1) is 14.4. The highest BCUT2D eigenvalue weighted by atomic mass is 16.2. The van der Waals surface area contributed by atoms with Gasteiger partial charge in [0.15, 0.2) is 5.69 Å². The molecule has 3 amide bonds. The van der Waals surface area contributed by atoms with Crippen LogP contribution < -0.4 is 10.6 Å². The lowest BCUT2D eigenvalue weighted by Crippen LogP contribution is -2.64. The first kappa shape index (κ1) is 20.1. The lowest BCUT2D eigenvalue weighted by atomic mass is 9.94. The normalized spacial score (nSPS) is 20.6. The first-order valence-electron chi connectivity index (χ1n) is 10.4. The van der Waals surface area contributed by atoms with Gasteiger partial charge in [0.05, 0.1) is 12.9 Å². The van der Waals surface area contributed by atoms with Crippen molar-refractivity contribution in [3.05, 3.63) is 53.6 Å². The summed E-state index contributed by atoms with van der Waals surface area (Å²) in [6, 6.07) is 9.82. The van der Waals surface area contributed by atoms with Gasteiger partial charge in [-0.05, 0) is 31.7 Å². The molecule has 1 aromatic heterocycles. The van der Waals surface area contributed by atoms with Gasteiger partial charge >= 0.3 is 0 Å². The molecule has 2 N–H and O–H groups in total. The summed E-state index contributed by atoms with van der Waals surface area (Å²) in [6.45, 7) is 4.78. The molecule has 1 fully saturated rings. The van der Waals surface area contributed by atoms with Gasteiger partial charge in [0.2, 0.25) is 5.91 Å². The van der Waals surface area contributed by atoms with Crippen molar-refractivity contribution in [1.82, 2.24) is 25.1 Å². The van der Waals surface area contributed by atoms with Gasteiger partial charge in [0.25, 0.3) is 11.8 Å². The van der Waals surface area contributed by atoms with Gasteiger partial charge in [0, 0.05) is 19.1 Å². The van der Waals surface area contributed by atoms with Crippen LogP contribution in [0.5, 0.6) is 0 Å². The van der Waals surface area contributed by atoms with Crippen molar-refractivity contribution in [3.8, 4) is 0 Å². The third-order valence-corrected chi connectivity index (χ3v) is 5.72. The van der Waals surface area contributed by atoms with Gasteiger partial charge < -0.3 is 20.1 Å². The average molecular weight is 409 g/mol. The van der Waals surface area contributed by atoms with Gasteiger partial charge in [-0.1, -0.05) is 37.3 Å². The highest BCUT2D eigenvalue weighted by Crippen LogP contribution is 2.29. The molecule has 1 saturated carbocycles. The first-order valence-corrected chi connectivity index (χ1v) is 10.4. The number of hydrogen-bond donors (Lipinski definition) is 2. The summed E-state index contributed by atoms with van der Waals surface area (Å²) in [5.74, 6) is -0.886. The fourth-order valence-corrected chi connectivity index (χ4v) is 3.88. The Hall–Kier alpha value is -3.16. The van der Waals surface area contributed by atoms with E-state index < -0.39 is 5.54 Å². The van der Waals surface area contributed by atoms with Crippen molar-refractivity contribution in [3.63, 3.8) is 0 Å². The van der Waals surface area contributed by atoms with Crippen molar-refractivity contribution >= 4 is 17.7 Å². The van der Waals surface area contributed by atoms with E-state index in [2.05, 4.69) is 15.6 Å². The van der Waals surface area contributed by atoms with E-state index >= 15 is 0 Å². The number of nitrogens with zero attached hydrogens (tertiary/aromatic N) is 3. The van der Waals surface area contributed by atoms with Crippen LogP contribution in [-0.2, 0) is 17.9 Å². The largest absolute Gasteiger partial charge is 0.350 e. The van der Waals surface area contributed by atoms with E-state index in [1.807, 2.05) is 37.3 Å². The predicted molar refractivity (Wildman–Crippen MR) is 111 cm³/mol. The van der Waals surface area contributed by atoms with Gasteiger partial charge in [-0.2, -0.15) is 0 Å². The molecular weight excluding hydrogens is 382 g/mol. The molecule has 0 bridgehead atoms. The number of carbonyl (C=O) groups excluding carboxylic acids is 3. The molecule has 158 valence electrons. The van der Waals surface area contributed by atoms with Crippen LogP contribution >= 0.6 is 0 Å². The molecule has 4 rings (SSSR count). The Morgan fingerprint density at radius 2 is 1.97 bits per heavy atom. The lowest BCUT2D eigenvalue weighted by Gasteiger charge is -2.43. The van der Waals surface area contributed by atoms with Crippen LogP contribution in [0.1, 0.15) is 59.7 Å². The van der Waals surface area contributed by atoms with Gasteiger partial charge in [0.1, 0.15) is 11.2 Å². The molecule has 1 aliphatic carbocycles. The molecule has 0 saturated heterocycles. The highest BCUT2D eigenvalue weighted by Gasteiger charge is 2.48. The van der Waals surface area contributed by atoms with E-state index in [0.29, 0.717) is 19.5 Å².